The number of carbonyl (C=O) groups excluding carboxylic acids is 3. The second-order valence-corrected chi connectivity index (χ2v) is 18.4. The first-order valence-corrected chi connectivity index (χ1v) is 21.0. The molecule has 3 aromatic rings. The zero-order valence-corrected chi connectivity index (χ0v) is 35.1. The van der Waals surface area contributed by atoms with Crippen LogP contribution in [0.25, 0.3) is 10.9 Å². The van der Waals surface area contributed by atoms with Gasteiger partial charge >= 0.3 is 17.9 Å². The maximum absolute atomic E-state index is 15.3. The van der Waals surface area contributed by atoms with E-state index >= 15 is 4.79 Å². The van der Waals surface area contributed by atoms with Gasteiger partial charge in [-0.3, -0.25) is 19.4 Å². The molecule has 5 aliphatic heterocycles. The molecular formula is C46H58N4O8. The molecule has 310 valence electrons. The largest absolute Gasteiger partial charge is 0.496 e. The summed E-state index contributed by atoms with van der Waals surface area (Å²) in [5.74, 6) is -0.168. The molecule has 2 saturated heterocycles. The summed E-state index contributed by atoms with van der Waals surface area (Å²) >= 11 is 0. The van der Waals surface area contributed by atoms with Crippen molar-refractivity contribution >= 4 is 34.5 Å². The van der Waals surface area contributed by atoms with E-state index in [9.17, 15) is 14.7 Å². The molecule has 0 radical (unpaired) electrons. The molecule has 12 nitrogen and oxygen atoms in total. The third-order valence-electron chi connectivity index (χ3n) is 15.5. The van der Waals surface area contributed by atoms with E-state index in [2.05, 4.69) is 65.0 Å². The second kappa shape index (κ2) is 13.6. The summed E-state index contributed by atoms with van der Waals surface area (Å²) in [6.07, 6.45) is 5.48. The zero-order valence-electron chi connectivity index (χ0n) is 35.1. The van der Waals surface area contributed by atoms with E-state index in [1.807, 2.05) is 31.0 Å². The monoisotopic (exact) mass is 794 g/mol. The van der Waals surface area contributed by atoms with Crippen LogP contribution in [0, 0.1) is 23.2 Å². The zero-order chi connectivity index (χ0) is 41.1. The highest BCUT2D eigenvalue weighted by molar-refractivity contribution is 5.95. The number of esters is 3. The number of aliphatic hydroxyl groups is 1. The van der Waals surface area contributed by atoms with Crippen LogP contribution in [0.1, 0.15) is 75.8 Å². The van der Waals surface area contributed by atoms with Crippen molar-refractivity contribution in [3.63, 3.8) is 0 Å². The number of rotatable bonds is 7. The smallest absolute Gasteiger partial charge is 0.344 e. The fourth-order valence-electron chi connectivity index (χ4n) is 13.4. The molecule has 58 heavy (non-hydrogen) atoms. The number of benzene rings is 2. The Kier molecular flexibility index (Phi) is 9.15. The third-order valence-corrected chi connectivity index (χ3v) is 15.5. The molecular weight excluding hydrogens is 737 g/mol. The van der Waals surface area contributed by atoms with Gasteiger partial charge in [0.2, 0.25) is 5.60 Å². The summed E-state index contributed by atoms with van der Waals surface area (Å²) in [4.78, 5) is 53.4. The molecule has 1 spiro atoms. The van der Waals surface area contributed by atoms with Gasteiger partial charge in [-0.15, -0.1) is 0 Å². The van der Waals surface area contributed by atoms with Crippen LogP contribution in [-0.2, 0) is 46.0 Å². The number of fused-ring (bicyclic) bond motifs is 6. The average Bonchev–Trinajstić information content (AvgIpc) is 3.87. The van der Waals surface area contributed by atoms with Gasteiger partial charge in [0.1, 0.15) is 11.2 Å². The van der Waals surface area contributed by atoms with Crippen LogP contribution in [0.15, 0.2) is 48.6 Å². The molecule has 2 bridgehead atoms. The topological polar surface area (TPSA) is 134 Å². The van der Waals surface area contributed by atoms with Gasteiger partial charge in [0.25, 0.3) is 0 Å². The molecule has 0 amide bonds. The third kappa shape index (κ3) is 4.94. The van der Waals surface area contributed by atoms with E-state index in [0.717, 1.165) is 52.9 Å². The standard InChI is InChI=1S/C46H58N4O8/c1-9-43-15-12-17-50-18-16-44(38(43)50)32-20-33(36(55-6)21-35(32)48(5)39(44)46(54,42(53)57-8)40(43)58-27(4)51)45(41(52)56-7)22-28-19-29(26(2)3)24-49(23-28)25-31-30-13-10-11-14-34(30)47-37(31)45/h10-15,20-21,26,28-29,38-40,47,54H,9,16-19,22-25H2,1-8H3/t28?,29?,38-,39+,40+,43+,44+,45-,46?/m0/s1. The average molecular weight is 795 g/mol. The van der Waals surface area contributed by atoms with Crippen LogP contribution in [0.5, 0.6) is 5.75 Å². The Labute approximate surface area is 340 Å². The Hall–Kier alpha value is -4.39. The number of H-pyrrole nitrogens is 1. The van der Waals surface area contributed by atoms with Gasteiger partial charge < -0.3 is 33.9 Å². The molecule has 4 unspecified atom stereocenters. The summed E-state index contributed by atoms with van der Waals surface area (Å²) < 4.78 is 24.0. The Bertz CT molecular complexity index is 2220. The number of hydrogen-bond donors (Lipinski definition) is 2. The van der Waals surface area contributed by atoms with E-state index in [1.54, 1.807) is 7.11 Å². The van der Waals surface area contributed by atoms with Crippen molar-refractivity contribution < 1.29 is 38.4 Å². The molecule has 1 aromatic heterocycles. The maximum Gasteiger partial charge on any atom is 0.344 e. The number of aromatic amines is 1. The SMILES string of the molecule is CC[C@]12C=CCN3CC[C@@]4(c5cc([C@@]6(C(=O)OC)CC7CC(C(C)C)CN(Cc8c6[nH]c6ccccc86)C7)c(OC)cc5N(C)[C@H]4C(O)(C(=O)OC)[C@@H]1OC(C)=O)[C@@H]32. The number of para-hydroxylation sites is 1. The van der Waals surface area contributed by atoms with E-state index in [-0.39, 0.29) is 17.9 Å². The van der Waals surface area contributed by atoms with Crippen LogP contribution in [0.4, 0.5) is 5.69 Å². The van der Waals surface area contributed by atoms with E-state index in [1.165, 1.54) is 21.1 Å². The Morgan fingerprint density at radius 2 is 1.78 bits per heavy atom. The molecule has 1 aliphatic carbocycles. The minimum absolute atomic E-state index is 0.174. The molecule has 6 heterocycles. The van der Waals surface area contributed by atoms with Crippen molar-refractivity contribution in [1.82, 2.24) is 14.8 Å². The van der Waals surface area contributed by atoms with Gasteiger partial charge in [0.15, 0.2) is 6.10 Å². The lowest BCUT2D eigenvalue weighted by molar-refractivity contribution is -0.228. The summed E-state index contributed by atoms with van der Waals surface area (Å²) in [6, 6.07) is 11.3. The number of anilines is 1. The molecule has 2 aromatic carbocycles. The van der Waals surface area contributed by atoms with E-state index in [4.69, 9.17) is 18.9 Å². The summed E-state index contributed by atoms with van der Waals surface area (Å²) in [5, 5.41) is 14.4. The van der Waals surface area contributed by atoms with Gasteiger partial charge in [0.05, 0.1) is 27.4 Å². The summed E-state index contributed by atoms with van der Waals surface area (Å²) in [6.45, 7) is 11.8. The normalized spacial score (nSPS) is 36.0. The lowest BCUT2D eigenvalue weighted by Gasteiger charge is -2.63. The maximum atomic E-state index is 15.3. The lowest BCUT2D eigenvalue weighted by atomic mass is 9.47. The van der Waals surface area contributed by atoms with Crippen LogP contribution < -0.4 is 9.64 Å². The number of nitrogens with zero attached hydrogens (tertiary/aromatic N) is 3. The van der Waals surface area contributed by atoms with Crippen LogP contribution in [-0.4, -0.2) is 116 Å². The second-order valence-electron chi connectivity index (χ2n) is 18.4. The fourth-order valence-corrected chi connectivity index (χ4v) is 13.4. The lowest BCUT2D eigenvalue weighted by Crippen LogP contribution is -2.81. The first-order valence-electron chi connectivity index (χ1n) is 21.0. The molecule has 6 aliphatic rings. The van der Waals surface area contributed by atoms with Crippen molar-refractivity contribution in [3.05, 3.63) is 70.9 Å². The number of hydrogen-bond acceptors (Lipinski definition) is 11. The van der Waals surface area contributed by atoms with Gasteiger partial charge in [-0.25, -0.2) is 4.79 Å². The van der Waals surface area contributed by atoms with Gasteiger partial charge in [0, 0.05) is 90.9 Å². The van der Waals surface area contributed by atoms with Gasteiger partial charge in [-0.2, -0.15) is 0 Å². The van der Waals surface area contributed by atoms with Crippen LogP contribution >= 0.6 is 0 Å². The van der Waals surface area contributed by atoms with Crippen molar-refractivity contribution in [1.29, 1.82) is 0 Å². The number of carbonyl (C=O) groups is 3. The predicted molar refractivity (Wildman–Crippen MR) is 219 cm³/mol. The van der Waals surface area contributed by atoms with Crippen molar-refractivity contribution in [3.8, 4) is 5.75 Å². The molecule has 2 N–H and O–H groups in total. The number of methoxy groups -OCH3 is 3. The first kappa shape index (κ1) is 39.1. The highest BCUT2D eigenvalue weighted by Crippen LogP contribution is 2.68. The minimum atomic E-state index is -2.27. The number of likely N-dealkylation sites (N-methyl/N-ethyl adjacent to an activating group) is 1. The highest BCUT2D eigenvalue weighted by atomic mass is 16.6. The minimum Gasteiger partial charge on any atom is -0.496 e. The van der Waals surface area contributed by atoms with Crippen molar-refractivity contribution in [2.75, 3.05) is 59.5 Å². The number of aromatic nitrogens is 1. The fraction of sp³-hybridized carbons (Fsp3) is 0.587. The molecule has 9 rings (SSSR count). The molecule has 3 fully saturated rings. The highest BCUT2D eigenvalue weighted by Gasteiger charge is 2.80. The van der Waals surface area contributed by atoms with E-state index < -0.39 is 45.9 Å². The van der Waals surface area contributed by atoms with E-state index in [0.29, 0.717) is 62.0 Å². The Morgan fingerprint density at radius 1 is 1.02 bits per heavy atom. The molecule has 12 heteroatoms. The Balaban J connectivity index is 1.36. The molecule has 1 saturated carbocycles. The quantitative estimate of drug-likeness (QED) is 0.189. The van der Waals surface area contributed by atoms with Gasteiger partial charge in [-0.05, 0) is 73.2 Å². The number of nitrogens with one attached hydrogen (secondary N) is 1. The number of piperidine rings is 1. The number of ether oxygens (including phenoxy) is 4. The summed E-state index contributed by atoms with van der Waals surface area (Å²) in [7, 11) is 6.27. The predicted octanol–water partition coefficient (Wildman–Crippen LogP) is 5.08. The van der Waals surface area contributed by atoms with Gasteiger partial charge in [-0.1, -0.05) is 51.1 Å². The van der Waals surface area contributed by atoms with Crippen molar-refractivity contribution in [2.45, 2.75) is 94.5 Å². The van der Waals surface area contributed by atoms with Crippen LogP contribution in [0.2, 0.25) is 0 Å². The first-order chi connectivity index (χ1) is 27.8. The molecule has 10 atom stereocenters. The Morgan fingerprint density at radius 3 is 2.47 bits per heavy atom. The van der Waals surface area contributed by atoms with Crippen molar-refractivity contribution in [2.24, 2.45) is 23.2 Å². The summed E-state index contributed by atoms with van der Waals surface area (Å²) in [5.41, 5.74) is -0.125. The van der Waals surface area contributed by atoms with Crippen LogP contribution in [0.3, 0.4) is 0 Å².